The lowest BCUT2D eigenvalue weighted by molar-refractivity contribution is 0.601. The number of anilines is 1. The molecule has 0 bridgehead atoms. The number of nitrogens with one attached hydrogen (secondary N) is 1. The normalized spacial score (nSPS) is 10.9. The Labute approximate surface area is 104 Å². The molecule has 7 heteroatoms. The van der Waals surface area contributed by atoms with Crippen LogP contribution >= 0.6 is 0 Å². The zero-order valence-corrected chi connectivity index (χ0v) is 9.96. The molecule has 0 atom stereocenters. The molecule has 0 aliphatic rings. The number of hydrogen-bond donors (Lipinski definition) is 1. The van der Waals surface area contributed by atoms with Crippen LogP contribution in [-0.4, -0.2) is 13.4 Å². The summed E-state index contributed by atoms with van der Waals surface area (Å²) in [5.41, 5.74) is 0.173. The van der Waals surface area contributed by atoms with Crippen LogP contribution in [0.3, 0.4) is 0 Å². The van der Waals surface area contributed by atoms with Crippen LogP contribution in [0.5, 0.6) is 0 Å². The Morgan fingerprint density at radius 2 is 1.78 bits per heavy atom. The predicted octanol–water partition coefficient (Wildman–Crippen LogP) is 2.28. The lowest BCUT2D eigenvalue weighted by atomic mass is 10.3. The van der Waals surface area contributed by atoms with E-state index in [0.717, 1.165) is 0 Å². The van der Waals surface area contributed by atoms with Crippen LogP contribution in [0.15, 0.2) is 58.7 Å². The van der Waals surface area contributed by atoms with Gasteiger partial charge in [0.15, 0.2) is 0 Å². The van der Waals surface area contributed by atoms with Crippen LogP contribution in [0, 0.1) is 4.91 Å². The quantitative estimate of drug-likeness (QED) is 0.857. The highest BCUT2D eigenvalue weighted by molar-refractivity contribution is 7.92. The van der Waals surface area contributed by atoms with Gasteiger partial charge in [-0.15, -0.1) is 4.91 Å². The smallest absolute Gasteiger partial charge is 0.263 e. The topological polar surface area (TPSA) is 88.5 Å². The molecule has 0 fully saturated rings. The fraction of sp³-hybridized carbons (Fsp3) is 0. The van der Waals surface area contributed by atoms with E-state index in [1.165, 1.54) is 30.5 Å². The van der Waals surface area contributed by atoms with E-state index in [1.54, 1.807) is 18.2 Å². The van der Waals surface area contributed by atoms with Crippen molar-refractivity contribution in [2.75, 3.05) is 4.72 Å². The number of pyridine rings is 1. The van der Waals surface area contributed by atoms with E-state index in [1.807, 2.05) is 0 Å². The zero-order valence-electron chi connectivity index (χ0n) is 9.15. The molecule has 2 rings (SSSR count). The van der Waals surface area contributed by atoms with E-state index in [2.05, 4.69) is 14.9 Å². The van der Waals surface area contributed by atoms with Crippen LogP contribution in [0.25, 0.3) is 0 Å². The molecule has 1 N–H and O–H groups in total. The molecule has 92 valence electrons. The fourth-order valence-corrected chi connectivity index (χ4v) is 2.31. The van der Waals surface area contributed by atoms with Gasteiger partial charge in [-0.1, -0.05) is 6.07 Å². The lowest BCUT2D eigenvalue weighted by Crippen LogP contribution is -2.13. The molecule has 0 unspecified atom stereocenters. The summed E-state index contributed by atoms with van der Waals surface area (Å²) in [7, 11) is -3.69. The molecule has 1 heterocycles. The molecule has 0 radical (unpaired) electrons. The molecule has 0 spiro atoms. The van der Waals surface area contributed by atoms with Gasteiger partial charge in [-0.05, 0) is 41.6 Å². The van der Waals surface area contributed by atoms with Crippen molar-refractivity contribution in [2.45, 2.75) is 4.90 Å². The van der Waals surface area contributed by atoms with E-state index < -0.39 is 10.0 Å². The van der Waals surface area contributed by atoms with Crippen molar-refractivity contribution in [1.29, 1.82) is 0 Å². The Hall–Kier alpha value is -2.28. The molecule has 0 saturated carbocycles. The Kier molecular flexibility index (Phi) is 3.33. The number of sulfonamides is 1. The summed E-state index contributed by atoms with van der Waals surface area (Å²) in [5.74, 6) is 0.232. The van der Waals surface area contributed by atoms with E-state index in [0.29, 0.717) is 0 Å². The second-order valence-corrected chi connectivity index (χ2v) is 5.09. The average Bonchev–Trinajstić information content (AvgIpc) is 2.39. The van der Waals surface area contributed by atoms with Gasteiger partial charge in [-0.2, -0.15) is 0 Å². The van der Waals surface area contributed by atoms with E-state index >= 15 is 0 Å². The van der Waals surface area contributed by atoms with Gasteiger partial charge in [-0.25, -0.2) is 13.4 Å². The second-order valence-electron chi connectivity index (χ2n) is 3.41. The Morgan fingerprint density at radius 3 is 2.33 bits per heavy atom. The van der Waals surface area contributed by atoms with Gasteiger partial charge in [0.1, 0.15) is 11.5 Å². The summed E-state index contributed by atoms with van der Waals surface area (Å²) < 4.78 is 26.2. The maximum absolute atomic E-state index is 11.9. The fourth-order valence-electron chi connectivity index (χ4n) is 1.31. The van der Waals surface area contributed by atoms with Crippen molar-refractivity contribution < 1.29 is 8.42 Å². The summed E-state index contributed by atoms with van der Waals surface area (Å²) in [4.78, 5) is 14.1. The summed E-state index contributed by atoms with van der Waals surface area (Å²) in [6.07, 6.45) is 1.48. The number of aromatic nitrogens is 1. The van der Waals surface area contributed by atoms with Crippen LogP contribution in [-0.2, 0) is 10.0 Å². The van der Waals surface area contributed by atoms with E-state index in [4.69, 9.17) is 0 Å². The molecule has 0 aliphatic carbocycles. The highest BCUT2D eigenvalue weighted by Gasteiger charge is 2.14. The number of nitroso groups, excluding NO2 is 1. The maximum atomic E-state index is 11.9. The summed E-state index contributed by atoms with van der Waals surface area (Å²) in [6.45, 7) is 0. The molecule has 0 amide bonds. The molecule has 6 nitrogen and oxygen atoms in total. The first-order valence-corrected chi connectivity index (χ1v) is 6.47. The highest BCUT2D eigenvalue weighted by atomic mass is 32.2. The SMILES string of the molecule is O=Nc1ccc(S(=O)(=O)Nc2ccccn2)cc1. The molecular formula is C11H9N3O3S. The number of nitrogens with zero attached hydrogens (tertiary/aromatic N) is 2. The summed E-state index contributed by atoms with van der Waals surface area (Å²) in [6, 6.07) is 10.2. The van der Waals surface area contributed by atoms with Crippen molar-refractivity contribution in [2.24, 2.45) is 5.18 Å². The maximum Gasteiger partial charge on any atom is 0.263 e. The highest BCUT2D eigenvalue weighted by Crippen LogP contribution is 2.18. The van der Waals surface area contributed by atoms with Gasteiger partial charge >= 0.3 is 0 Å². The van der Waals surface area contributed by atoms with E-state index in [-0.39, 0.29) is 16.4 Å². The van der Waals surface area contributed by atoms with Crippen molar-refractivity contribution in [3.63, 3.8) is 0 Å². The minimum absolute atomic E-state index is 0.0422. The third-order valence-corrected chi connectivity index (χ3v) is 3.53. The first-order valence-electron chi connectivity index (χ1n) is 4.99. The Morgan fingerprint density at radius 1 is 1.06 bits per heavy atom. The van der Waals surface area contributed by atoms with Gasteiger partial charge < -0.3 is 0 Å². The molecule has 18 heavy (non-hydrogen) atoms. The molecule has 2 aromatic rings. The van der Waals surface area contributed by atoms with Crippen molar-refractivity contribution in [1.82, 2.24) is 4.98 Å². The van der Waals surface area contributed by atoms with Gasteiger partial charge in [0.2, 0.25) is 0 Å². The van der Waals surface area contributed by atoms with Gasteiger partial charge in [0, 0.05) is 6.20 Å². The van der Waals surface area contributed by atoms with Crippen LogP contribution in [0.2, 0.25) is 0 Å². The third kappa shape index (κ3) is 2.69. The van der Waals surface area contributed by atoms with Crippen molar-refractivity contribution in [3.8, 4) is 0 Å². The number of hydrogen-bond acceptors (Lipinski definition) is 5. The molecular weight excluding hydrogens is 254 g/mol. The van der Waals surface area contributed by atoms with Crippen LogP contribution in [0.4, 0.5) is 11.5 Å². The Bertz CT molecular complexity index is 639. The predicted molar refractivity (Wildman–Crippen MR) is 66.9 cm³/mol. The van der Waals surface area contributed by atoms with E-state index in [9.17, 15) is 13.3 Å². The standard InChI is InChI=1S/C11H9N3O3S/c15-13-9-4-6-10(7-5-9)18(16,17)14-11-3-1-2-8-12-11/h1-8H,(H,12,14). The number of rotatable bonds is 4. The van der Waals surface area contributed by atoms with Gasteiger partial charge in [-0.3, -0.25) is 4.72 Å². The molecule has 0 saturated heterocycles. The monoisotopic (exact) mass is 263 g/mol. The lowest BCUT2D eigenvalue weighted by Gasteiger charge is -2.06. The Balaban J connectivity index is 2.28. The minimum Gasteiger partial charge on any atom is -0.263 e. The van der Waals surface area contributed by atoms with Gasteiger partial charge in [0.25, 0.3) is 10.0 Å². The largest absolute Gasteiger partial charge is 0.263 e. The molecule has 1 aromatic carbocycles. The van der Waals surface area contributed by atoms with Gasteiger partial charge in [0.05, 0.1) is 4.90 Å². The first-order chi connectivity index (χ1) is 8.62. The summed E-state index contributed by atoms with van der Waals surface area (Å²) >= 11 is 0. The molecule has 1 aromatic heterocycles. The van der Waals surface area contributed by atoms with Crippen molar-refractivity contribution in [3.05, 3.63) is 53.6 Å². The van der Waals surface area contributed by atoms with Crippen LogP contribution in [0.1, 0.15) is 0 Å². The van der Waals surface area contributed by atoms with Crippen LogP contribution < -0.4 is 4.72 Å². The van der Waals surface area contributed by atoms with Crippen molar-refractivity contribution >= 4 is 21.5 Å². The summed E-state index contributed by atoms with van der Waals surface area (Å²) in [5, 5.41) is 2.70. The minimum atomic E-state index is -3.69. The first kappa shape index (κ1) is 12.2. The number of benzene rings is 1. The third-order valence-electron chi connectivity index (χ3n) is 2.16. The average molecular weight is 263 g/mol. The second kappa shape index (κ2) is 4.92. The molecule has 0 aliphatic heterocycles. The zero-order chi connectivity index (χ0) is 13.0.